The van der Waals surface area contributed by atoms with Crippen LogP contribution in [0.5, 0.6) is 17.2 Å². The van der Waals surface area contributed by atoms with Gasteiger partial charge >= 0.3 is 5.97 Å². The minimum absolute atomic E-state index is 0.181. The van der Waals surface area contributed by atoms with Gasteiger partial charge in [0.25, 0.3) is 0 Å². The first-order chi connectivity index (χ1) is 53.5. The highest BCUT2D eigenvalue weighted by Gasteiger charge is 2.26. The third-order valence-electron chi connectivity index (χ3n) is 18.2. The molecule has 31 heteroatoms. The highest BCUT2D eigenvalue weighted by molar-refractivity contribution is 7.88. The predicted molar refractivity (Wildman–Crippen MR) is 457 cm³/mol. The average molecular weight is 1660 g/mol. The Labute approximate surface area is 673 Å². The summed E-state index contributed by atoms with van der Waals surface area (Å²) in [4.78, 5) is 50.8. The molecule has 12 aromatic rings. The fraction of sp³-hybridized carbons (Fsp3) is 0.380. The van der Waals surface area contributed by atoms with Crippen LogP contribution < -0.4 is 31.4 Å². The summed E-state index contributed by atoms with van der Waals surface area (Å²) in [6, 6.07) is 30.0. The first kappa shape index (κ1) is 81.9. The van der Waals surface area contributed by atoms with E-state index in [0.29, 0.717) is 61.7 Å². The summed E-state index contributed by atoms with van der Waals surface area (Å²) >= 11 is 8.89. The molecule has 0 aliphatic carbocycles. The Balaban J connectivity index is 0.000000154. The number of aromatic nitrogens is 6. The molecule has 0 radical (unpaired) electrons. The molecule has 0 spiro atoms. The zero-order valence-electron chi connectivity index (χ0n) is 62.6. The van der Waals surface area contributed by atoms with Gasteiger partial charge in [-0.2, -0.15) is 0 Å². The van der Waals surface area contributed by atoms with Crippen molar-refractivity contribution >= 4 is 154 Å². The average Bonchev–Trinajstić information content (AvgIpc) is 1.61. The van der Waals surface area contributed by atoms with E-state index >= 15 is 0 Å². The molecule has 9 aromatic heterocycles. The Kier molecular flexibility index (Phi) is 29.9. The zero-order valence-corrected chi connectivity index (χ0v) is 70.0. The summed E-state index contributed by atoms with van der Waals surface area (Å²) in [5, 5.41) is 10.9. The maximum atomic E-state index is 13.0. The van der Waals surface area contributed by atoms with Gasteiger partial charge in [0.05, 0.1) is 69.2 Å². The number of esters is 1. The number of likely N-dealkylation sites (N-methyl/N-ethyl adjacent to an activating group) is 2. The van der Waals surface area contributed by atoms with Gasteiger partial charge in [-0.3, -0.25) is 32.1 Å². The lowest BCUT2D eigenvalue weighted by Gasteiger charge is -2.32. The number of nitrogens with two attached hydrogens (primary N) is 3. The van der Waals surface area contributed by atoms with E-state index in [0.717, 1.165) is 216 Å². The van der Waals surface area contributed by atoms with Crippen molar-refractivity contribution in [1.29, 1.82) is 0 Å². The lowest BCUT2D eigenvalue weighted by Crippen LogP contribution is -2.45. The van der Waals surface area contributed by atoms with Gasteiger partial charge in [-0.05, 0) is 128 Å². The first-order valence-electron chi connectivity index (χ1n) is 36.8. The topological polar surface area (TPSA) is 283 Å². The molecule has 582 valence electrons. The number of rotatable bonds is 32. The van der Waals surface area contributed by atoms with E-state index in [1.807, 2.05) is 97.0 Å². The first-order valence-corrected chi connectivity index (χ1v) is 45.8. The van der Waals surface area contributed by atoms with Crippen LogP contribution in [0.4, 0.5) is 17.1 Å². The number of ether oxygens (including phenoxy) is 5. The fourth-order valence-corrected chi connectivity index (χ4v) is 22.4. The van der Waals surface area contributed by atoms with Crippen molar-refractivity contribution < 1.29 is 41.1 Å². The van der Waals surface area contributed by atoms with Crippen LogP contribution in [0.15, 0.2) is 138 Å². The number of hydrogen-bond acceptors (Lipinski definition) is 28. The second kappa shape index (κ2) is 40.2. The molecule has 3 aromatic carbocycles. The van der Waals surface area contributed by atoms with Crippen LogP contribution >= 0.6 is 68.0 Å². The van der Waals surface area contributed by atoms with Crippen molar-refractivity contribution in [3.05, 3.63) is 126 Å². The number of benzene rings is 3. The molecule has 3 unspecified atom stereocenters. The molecule has 2 fully saturated rings. The molecular formula is C79H93N13O9S9. The van der Waals surface area contributed by atoms with Crippen LogP contribution in [0, 0.1) is 0 Å². The number of fused-ring (bicyclic) bond motifs is 3. The molecule has 0 saturated carbocycles. The molecule has 14 rings (SSSR count). The molecule has 0 amide bonds. The largest absolute Gasteiger partial charge is 0.492 e. The van der Waals surface area contributed by atoms with Gasteiger partial charge in [0.1, 0.15) is 103 Å². The van der Waals surface area contributed by atoms with E-state index in [9.17, 15) is 17.4 Å². The Morgan fingerprint density at radius 2 is 0.836 bits per heavy atom. The SMILES string of the molecule is CCCCS(=O)c1sc2nc(-c3nccs3)cc(-c3ccc(OCCN4CCN(C)CC4)cc3)c2c1N.CCCCS(=O)c1sc2nc(-c3nccs3)cc(-c3ccc(OCCN4CCOCC4)cc3)c2c1N.CCCCS(=O)c1sc2nc(-c3nccs3)cc(-c3ccc(OCCOC(=O)CN(C)C)cc3)c2c1N. The van der Waals surface area contributed by atoms with Crippen LogP contribution in [0.2, 0.25) is 0 Å². The number of pyridine rings is 3. The van der Waals surface area contributed by atoms with E-state index in [1.54, 1.807) is 46.2 Å². The van der Waals surface area contributed by atoms with E-state index in [1.165, 1.54) is 45.3 Å². The van der Waals surface area contributed by atoms with Crippen LogP contribution in [0.1, 0.15) is 59.3 Å². The van der Waals surface area contributed by atoms with E-state index in [-0.39, 0.29) is 25.7 Å². The van der Waals surface area contributed by atoms with Gasteiger partial charge in [0.2, 0.25) is 0 Å². The number of nitrogen functional groups attached to an aromatic ring is 3. The summed E-state index contributed by atoms with van der Waals surface area (Å²) in [5.41, 5.74) is 29.7. The van der Waals surface area contributed by atoms with Gasteiger partial charge in [0, 0.05) is 121 Å². The molecule has 110 heavy (non-hydrogen) atoms. The van der Waals surface area contributed by atoms with E-state index in [4.69, 9.17) is 55.8 Å². The van der Waals surface area contributed by atoms with E-state index in [2.05, 4.69) is 81.7 Å². The number of piperazine rings is 1. The van der Waals surface area contributed by atoms with Crippen molar-refractivity contribution in [3.63, 3.8) is 0 Å². The van der Waals surface area contributed by atoms with E-state index < -0.39 is 32.4 Å². The minimum Gasteiger partial charge on any atom is -0.492 e. The number of hydrogen-bond donors (Lipinski definition) is 3. The molecular weight excluding hydrogens is 1560 g/mol. The minimum atomic E-state index is -1.17. The molecule has 3 atom stereocenters. The Hall–Kier alpha value is -7.60. The number of thiophene rings is 3. The summed E-state index contributed by atoms with van der Waals surface area (Å²) < 4.78 is 69.5. The molecule has 2 saturated heterocycles. The third kappa shape index (κ3) is 21.2. The van der Waals surface area contributed by atoms with Gasteiger partial charge in [-0.25, -0.2) is 29.9 Å². The number of thiazole rings is 3. The van der Waals surface area contributed by atoms with Crippen LogP contribution in [0.3, 0.4) is 0 Å². The van der Waals surface area contributed by atoms with Crippen LogP contribution in [0.25, 0.3) is 96.1 Å². The summed E-state index contributed by atoms with van der Waals surface area (Å²) in [6.07, 6.45) is 11.0. The number of unbranched alkanes of at least 4 members (excludes halogenated alkanes) is 3. The highest BCUT2D eigenvalue weighted by atomic mass is 32.2. The Morgan fingerprint density at radius 1 is 0.491 bits per heavy atom. The molecule has 22 nitrogen and oxygen atoms in total. The van der Waals surface area contributed by atoms with Crippen LogP contribution in [-0.4, -0.2) is 205 Å². The van der Waals surface area contributed by atoms with Crippen LogP contribution in [-0.2, 0) is 46.7 Å². The van der Waals surface area contributed by atoms with Gasteiger partial charge < -0.3 is 45.8 Å². The molecule has 2 aliphatic rings. The van der Waals surface area contributed by atoms with Crippen molar-refractivity contribution in [1.82, 2.24) is 49.5 Å². The van der Waals surface area contributed by atoms with Crippen molar-refractivity contribution in [2.45, 2.75) is 71.9 Å². The standard InChI is InChI=1S/C27H33N5O2S3.C26H30N4O4S3.C26H30N4O3S3/c1-3-4-17-37(33)27-24(28)23-21(18-22(30-26(23)36-27)25-29-9-16-35-25)19-5-7-20(8-6-19)34-15-14-32-12-10-31(2)11-13-32;1-4-5-14-37(32)26-23(27)22-19(15-20(29-25(22)36-26)24-28-10-13-35-24)17-6-8-18(9-7-17)33-11-12-34-21(31)16-30(2)3;1-2-3-16-36(31)26-23(27)22-20(17-21(29-25(22)35-26)24-28-8-15-34-24)18-4-6-19(7-5-18)33-14-11-30-9-12-32-13-10-30/h5-9,16,18H,3-4,10-15,17,28H2,1-2H3;6-10,13,15H,4-5,11-12,14,16,27H2,1-3H3;4-8,15,17H,2-3,9-14,16,27H2,1H3. The Bertz CT molecular complexity index is 5030. The fourth-order valence-electron chi connectivity index (χ4n) is 12.3. The summed E-state index contributed by atoms with van der Waals surface area (Å²) in [6.45, 7) is 18.0. The molecule has 2 aliphatic heterocycles. The third-order valence-corrected chi connectivity index (χ3v) is 29.6. The van der Waals surface area contributed by atoms with Crippen molar-refractivity contribution in [2.24, 2.45) is 0 Å². The lowest BCUT2D eigenvalue weighted by atomic mass is 10.0. The molecule has 11 heterocycles. The highest BCUT2D eigenvalue weighted by Crippen LogP contribution is 2.47. The smallest absolute Gasteiger partial charge is 0.320 e. The number of carbonyl (C=O) groups excluding carboxylic acids is 1. The molecule has 0 bridgehead atoms. The Morgan fingerprint density at radius 3 is 1.16 bits per heavy atom. The maximum Gasteiger partial charge on any atom is 0.320 e. The van der Waals surface area contributed by atoms with Crippen molar-refractivity contribution in [2.75, 3.05) is 154 Å². The van der Waals surface area contributed by atoms with Crippen molar-refractivity contribution in [3.8, 4) is 82.7 Å². The van der Waals surface area contributed by atoms with Gasteiger partial charge in [-0.1, -0.05) is 76.4 Å². The maximum absolute atomic E-state index is 13.0. The predicted octanol–water partition coefficient (Wildman–Crippen LogP) is 15.6. The summed E-state index contributed by atoms with van der Waals surface area (Å²) in [7, 11) is 2.35. The number of carbonyl (C=O) groups is 1. The monoisotopic (exact) mass is 1660 g/mol. The number of nitrogens with zero attached hydrogens (tertiary/aromatic N) is 10. The second-order valence-electron chi connectivity index (χ2n) is 26.5. The summed E-state index contributed by atoms with van der Waals surface area (Å²) in [5.74, 6) is 3.86. The normalized spacial score (nSPS) is 14.5. The lowest BCUT2D eigenvalue weighted by molar-refractivity contribution is -0.145. The number of morpholine rings is 1. The number of anilines is 3. The van der Waals surface area contributed by atoms with Gasteiger partial charge in [0.15, 0.2) is 0 Å². The zero-order chi connectivity index (χ0) is 77.0. The quantitative estimate of drug-likeness (QED) is 0.0261. The molecule has 6 N–H and O–H groups in total. The van der Waals surface area contributed by atoms with Gasteiger partial charge in [-0.15, -0.1) is 68.0 Å². The second-order valence-corrected chi connectivity index (χ2v) is 37.5.